The van der Waals surface area contributed by atoms with Crippen LogP contribution in [0.3, 0.4) is 0 Å². The monoisotopic (exact) mass is 360 g/mol. The number of halogens is 2. The van der Waals surface area contributed by atoms with Crippen LogP contribution in [0.15, 0.2) is 16.6 Å². The fourth-order valence-corrected chi connectivity index (χ4v) is 2.14. The minimum absolute atomic E-state index is 0.135. The van der Waals surface area contributed by atoms with Gasteiger partial charge in [-0.1, -0.05) is 13.8 Å². The van der Waals surface area contributed by atoms with Crippen LogP contribution < -0.4 is 5.32 Å². The summed E-state index contributed by atoms with van der Waals surface area (Å²) in [6, 6.07) is 2.23. The Morgan fingerprint density at radius 3 is 2.57 bits per heavy atom. The highest BCUT2D eigenvalue weighted by Gasteiger charge is 2.19. The molecule has 1 aromatic rings. The minimum atomic E-state index is -1.08. The maximum Gasteiger partial charge on any atom is 0.323 e. The van der Waals surface area contributed by atoms with Gasteiger partial charge in [0.15, 0.2) is 0 Å². The molecule has 1 rings (SSSR count). The summed E-state index contributed by atoms with van der Waals surface area (Å²) in [6.45, 7) is 5.38. The van der Waals surface area contributed by atoms with Crippen molar-refractivity contribution in [3.8, 4) is 0 Å². The van der Waals surface area contributed by atoms with Crippen molar-refractivity contribution >= 4 is 33.6 Å². The minimum Gasteiger partial charge on any atom is -0.480 e. The number of carbonyl (C=O) groups excluding carboxylic acids is 1. The lowest BCUT2D eigenvalue weighted by Gasteiger charge is -2.23. The van der Waals surface area contributed by atoms with Crippen molar-refractivity contribution in [1.82, 2.24) is 4.90 Å². The van der Waals surface area contributed by atoms with Gasteiger partial charge in [-0.05, 0) is 46.5 Å². The summed E-state index contributed by atoms with van der Waals surface area (Å²) in [4.78, 5) is 24.2. The fourth-order valence-electron chi connectivity index (χ4n) is 1.80. The number of rotatable bonds is 5. The van der Waals surface area contributed by atoms with Crippen molar-refractivity contribution in [2.75, 3.05) is 18.4 Å². The molecule has 2 amide bonds. The Bertz CT molecular complexity index is 549. The molecule has 0 unspecified atom stereocenters. The molecule has 0 fully saturated rings. The van der Waals surface area contributed by atoms with E-state index in [4.69, 9.17) is 5.11 Å². The van der Waals surface area contributed by atoms with E-state index in [9.17, 15) is 14.0 Å². The largest absolute Gasteiger partial charge is 0.480 e. The van der Waals surface area contributed by atoms with Crippen molar-refractivity contribution in [2.45, 2.75) is 20.8 Å². The summed E-state index contributed by atoms with van der Waals surface area (Å²) in [5.74, 6) is -1.37. The van der Waals surface area contributed by atoms with Gasteiger partial charge >= 0.3 is 12.0 Å². The van der Waals surface area contributed by atoms with E-state index in [-0.39, 0.29) is 16.9 Å². The van der Waals surface area contributed by atoms with Crippen molar-refractivity contribution in [1.29, 1.82) is 0 Å². The molecule has 2 N–H and O–H groups in total. The molecule has 0 spiro atoms. The summed E-state index contributed by atoms with van der Waals surface area (Å²) in [6.07, 6.45) is 0. The highest BCUT2D eigenvalue weighted by Crippen LogP contribution is 2.24. The number of carbonyl (C=O) groups is 2. The van der Waals surface area contributed by atoms with Gasteiger partial charge < -0.3 is 15.3 Å². The first kappa shape index (κ1) is 17.4. The van der Waals surface area contributed by atoms with Gasteiger partial charge in [-0.15, -0.1) is 0 Å². The quantitative estimate of drug-likeness (QED) is 0.844. The molecule has 0 radical (unpaired) electrons. The SMILES string of the molecule is Cc1cc(F)c(Br)cc1NC(=O)N(CC(=O)O)CC(C)C. The molecule has 0 aliphatic heterocycles. The van der Waals surface area contributed by atoms with Crippen molar-refractivity contribution in [2.24, 2.45) is 5.92 Å². The Labute approximate surface area is 131 Å². The third-order valence-corrected chi connectivity index (χ3v) is 3.32. The molecule has 0 aliphatic rings. The van der Waals surface area contributed by atoms with Crippen LogP contribution in [0.4, 0.5) is 14.9 Å². The number of carboxylic acids is 1. The predicted octanol–water partition coefficient (Wildman–Crippen LogP) is 3.47. The summed E-state index contributed by atoms with van der Waals surface area (Å²) in [5, 5.41) is 11.5. The molecule has 0 aromatic heterocycles. The number of amides is 2. The summed E-state index contributed by atoms with van der Waals surface area (Å²) < 4.78 is 13.6. The second-order valence-corrected chi connectivity index (χ2v) is 6.03. The average molecular weight is 361 g/mol. The standard InChI is InChI=1S/C14H18BrFN2O3/c1-8(2)6-18(7-13(19)20)14(21)17-12-5-10(15)11(16)4-9(12)3/h4-5,8H,6-7H2,1-3H3,(H,17,21)(H,19,20). The number of aliphatic carboxylic acids is 1. The maximum atomic E-state index is 13.4. The maximum absolute atomic E-state index is 13.4. The first-order valence-electron chi connectivity index (χ1n) is 6.44. The normalized spacial score (nSPS) is 10.6. The van der Waals surface area contributed by atoms with Crippen LogP contribution in [0.5, 0.6) is 0 Å². The van der Waals surface area contributed by atoms with Crippen molar-refractivity contribution in [3.05, 3.63) is 28.0 Å². The molecular formula is C14H18BrFN2O3. The van der Waals surface area contributed by atoms with Crippen LogP contribution >= 0.6 is 15.9 Å². The number of hydrogen-bond acceptors (Lipinski definition) is 2. The van der Waals surface area contributed by atoms with Gasteiger partial charge in [0.1, 0.15) is 12.4 Å². The lowest BCUT2D eigenvalue weighted by atomic mass is 10.2. The molecule has 1 aromatic carbocycles. The number of aryl methyl sites for hydroxylation is 1. The van der Waals surface area contributed by atoms with E-state index in [0.717, 1.165) is 0 Å². The van der Waals surface area contributed by atoms with Gasteiger partial charge in [-0.3, -0.25) is 4.79 Å². The zero-order valence-corrected chi connectivity index (χ0v) is 13.7. The second kappa shape index (κ2) is 7.40. The summed E-state index contributed by atoms with van der Waals surface area (Å²) in [7, 11) is 0. The van der Waals surface area contributed by atoms with E-state index >= 15 is 0 Å². The van der Waals surface area contributed by atoms with Crippen LogP contribution in [-0.4, -0.2) is 35.1 Å². The van der Waals surface area contributed by atoms with Crippen LogP contribution in [0.2, 0.25) is 0 Å². The molecule has 5 nitrogen and oxygen atoms in total. The average Bonchev–Trinajstić information content (AvgIpc) is 2.33. The molecule has 0 atom stereocenters. The fraction of sp³-hybridized carbons (Fsp3) is 0.429. The highest BCUT2D eigenvalue weighted by molar-refractivity contribution is 9.10. The van der Waals surface area contributed by atoms with Gasteiger partial charge in [-0.2, -0.15) is 0 Å². The molecule has 0 saturated heterocycles. The van der Waals surface area contributed by atoms with E-state index < -0.39 is 17.8 Å². The molecule has 7 heteroatoms. The van der Waals surface area contributed by atoms with E-state index in [1.165, 1.54) is 17.0 Å². The summed E-state index contributed by atoms with van der Waals surface area (Å²) >= 11 is 3.05. The zero-order valence-electron chi connectivity index (χ0n) is 12.1. The number of hydrogen-bond donors (Lipinski definition) is 2. The first-order valence-corrected chi connectivity index (χ1v) is 7.23. The molecule has 0 bridgehead atoms. The van der Waals surface area contributed by atoms with Crippen LogP contribution in [-0.2, 0) is 4.79 Å². The van der Waals surface area contributed by atoms with E-state index in [1.807, 2.05) is 13.8 Å². The van der Waals surface area contributed by atoms with Gasteiger partial charge in [0, 0.05) is 12.2 Å². The molecule has 0 heterocycles. The lowest BCUT2D eigenvalue weighted by molar-refractivity contribution is -0.137. The number of carboxylic acid groups (broad SMARTS) is 1. The third-order valence-electron chi connectivity index (χ3n) is 2.71. The molecule has 0 saturated carbocycles. The van der Waals surface area contributed by atoms with E-state index in [1.54, 1.807) is 6.92 Å². The summed E-state index contributed by atoms with van der Waals surface area (Å²) in [5.41, 5.74) is 0.997. The van der Waals surface area contributed by atoms with Crippen molar-refractivity contribution < 1.29 is 19.1 Å². The molecule has 116 valence electrons. The number of anilines is 1. The third kappa shape index (κ3) is 5.34. The van der Waals surface area contributed by atoms with Crippen LogP contribution in [0.1, 0.15) is 19.4 Å². The number of nitrogens with one attached hydrogen (secondary N) is 1. The Morgan fingerprint density at radius 2 is 2.05 bits per heavy atom. The molecule has 21 heavy (non-hydrogen) atoms. The van der Waals surface area contributed by atoms with Gasteiger partial charge in [0.2, 0.25) is 0 Å². The van der Waals surface area contributed by atoms with Gasteiger partial charge in [-0.25, -0.2) is 9.18 Å². The Hall–Kier alpha value is -1.63. The zero-order chi connectivity index (χ0) is 16.2. The van der Waals surface area contributed by atoms with Crippen LogP contribution in [0, 0.1) is 18.7 Å². The van der Waals surface area contributed by atoms with E-state index in [2.05, 4.69) is 21.2 Å². The first-order chi connectivity index (χ1) is 9.70. The lowest BCUT2D eigenvalue weighted by Crippen LogP contribution is -2.41. The second-order valence-electron chi connectivity index (χ2n) is 5.18. The Balaban J connectivity index is 2.90. The topological polar surface area (TPSA) is 69.6 Å². The Kier molecular flexibility index (Phi) is 6.14. The molecular weight excluding hydrogens is 343 g/mol. The van der Waals surface area contributed by atoms with Gasteiger partial charge in [0.05, 0.1) is 4.47 Å². The van der Waals surface area contributed by atoms with Crippen molar-refractivity contribution in [3.63, 3.8) is 0 Å². The smallest absolute Gasteiger partial charge is 0.323 e. The molecule has 0 aliphatic carbocycles. The van der Waals surface area contributed by atoms with Crippen LogP contribution in [0.25, 0.3) is 0 Å². The van der Waals surface area contributed by atoms with E-state index in [0.29, 0.717) is 17.8 Å². The number of urea groups is 1. The predicted molar refractivity (Wildman–Crippen MR) is 81.9 cm³/mol. The van der Waals surface area contributed by atoms with Gasteiger partial charge in [0.25, 0.3) is 0 Å². The number of benzene rings is 1. The Morgan fingerprint density at radius 1 is 1.43 bits per heavy atom. The highest BCUT2D eigenvalue weighted by atomic mass is 79.9. The number of nitrogens with zero attached hydrogens (tertiary/aromatic N) is 1.